The van der Waals surface area contributed by atoms with Gasteiger partial charge in [-0.25, -0.2) is 9.78 Å². The number of carbonyl (C=O) groups excluding carboxylic acids is 1. The molecule has 6 nitrogen and oxygen atoms in total. The van der Waals surface area contributed by atoms with Crippen LogP contribution in [-0.4, -0.2) is 37.3 Å². The summed E-state index contributed by atoms with van der Waals surface area (Å²) < 4.78 is 4.56. The van der Waals surface area contributed by atoms with Gasteiger partial charge < -0.3 is 20.7 Å². The number of thiazole rings is 1. The molecule has 0 radical (unpaired) electrons. The Morgan fingerprint density at radius 1 is 1.81 bits per heavy atom. The maximum absolute atomic E-state index is 11.0. The van der Waals surface area contributed by atoms with Crippen molar-refractivity contribution >= 4 is 27.6 Å². The molecule has 1 fully saturated rings. The first-order valence-electron chi connectivity index (χ1n) is 5.00. The molecule has 88 valence electrons. The Bertz CT molecular complexity index is 381. The Morgan fingerprint density at radius 2 is 2.62 bits per heavy atom. The number of hydrogen-bond donors (Lipinski definition) is 2. The van der Waals surface area contributed by atoms with E-state index in [2.05, 4.69) is 19.9 Å². The minimum atomic E-state index is -0.384. The fourth-order valence-electron chi connectivity index (χ4n) is 1.70. The lowest BCUT2D eigenvalue weighted by atomic mass is 10.3. The van der Waals surface area contributed by atoms with Crippen LogP contribution in [0.2, 0.25) is 0 Å². The average Bonchev–Trinajstić information content (AvgIpc) is 2.87. The molecule has 1 amide bonds. The highest BCUT2D eigenvalue weighted by Gasteiger charge is 2.25. The van der Waals surface area contributed by atoms with Gasteiger partial charge in [0.15, 0.2) is 5.13 Å². The number of hydrogen-bond acceptors (Lipinski definition) is 6. The highest BCUT2D eigenvalue weighted by molar-refractivity contribution is 7.19. The Kier molecular flexibility index (Phi) is 3.14. The van der Waals surface area contributed by atoms with E-state index in [9.17, 15) is 4.79 Å². The van der Waals surface area contributed by atoms with Gasteiger partial charge in [0.25, 0.3) is 0 Å². The molecular weight excluding hydrogens is 228 g/mol. The van der Waals surface area contributed by atoms with Crippen LogP contribution in [0.4, 0.5) is 14.9 Å². The van der Waals surface area contributed by atoms with Crippen LogP contribution in [0.1, 0.15) is 6.42 Å². The number of ether oxygens (including phenoxy) is 1. The van der Waals surface area contributed by atoms with Crippen molar-refractivity contribution < 1.29 is 9.53 Å². The monoisotopic (exact) mass is 242 g/mol. The number of nitrogens with one attached hydrogen (secondary N) is 1. The zero-order chi connectivity index (χ0) is 11.5. The number of rotatable bonds is 2. The van der Waals surface area contributed by atoms with E-state index < -0.39 is 0 Å². The van der Waals surface area contributed by atoms with Gasteiger partial charge in [0.2, 0.25) is 0 Å². The number of amides is 1. The van der Waals surface area contributed by atoms with Crippen molar-refractivity contribution in [2.24, 2.45) is 0 Å². The minimum Gasteiger partial charge on any atom is -0.453 e. The van der Waals surface area contributed by atoms with Crippen LogP contribution in [-0.2, 0) is 4.74 Å². The van der Waals surface area contributed by atoms with E-state index in [1.54, 1.807) is 6.20 Å². The topological polar surface area (TPSA) is 80.5 Å². The van der Waals surface area contributed by atoms with Crippen LogP contribution in [0.15, 0.2) is 6.20 Å². The maximum atomic E-state index is 11.0. The second-order valence-electron chi connectivity index (χ2n) is 3.61. The van der Waals surface area contributed by atoms with Gasteiger partial charge in [-0.05, 0) is 6.42 Å². The predicted molar refractivity (Wildman–Crippen MR) is 62.7 cm³/mol. The Morgan fingerprint density at radius 3 is 3.25 bits per heavy atom. The molecule has 7 heteroatoms. The number of anilines is 2. The summed E-state index contributed by atoms with van der Waals surface area (Å²) in [7, 11) is 1.36. The second kappa shape index (κ2) is 4.56. The summed E-state index contributed by atoms with van der Waals surface area (Å²) in [6.07, 6.45) is 2.17. The normalized spacial score (nSPS) is 19.8. The minimum absolute atomic E-state index is 0.123. The van der Waals surface area contributed by atoms with E-state index in [0.29, 0.717) is 5.00 Å². The second-order valence-corrected chi connectivity index (χ2v) is 4.65. The fraction of sp³-hybridized carbons (Fsp3) is 0.556. The predicted octanol–water partition coefficient (Wildman–Crippen LogP) is 0.660. The van der Waals surface area contributed by atoms with Crippen molar-refractivity contribution in [2.45, 2.75) is 12.5 Å². The molecule has 2 rings (SSSR count). The first kappa shape index (κ1) is 11.0. The molecular formula is C9H14N4O2S. The molecule has 1 unspecified atom stereocenters. The smallest absolute Gasteiger partial charge is 0.407 e. The number of nitrogen functional groups attached to an aromatic ring is 1. The third kappa shape index (κ3) is 2.35. The molecule has 0 aromatic carbocycles. The van der Waals surface area contributed by atoms with Crippen LogP contribution in [0.5, 0.6) is 0 Å². The van der Waals surface area contributed by atoms with E-state index in [1.165, 1.54) is 18.4 Å². The van der Waals surface area contributed by atoms with Crippen molar-refractivity contribution in [3.8, 4) is 0 Å². The Labute approximate surface area is 97.4 Å². The maximum Gasteiger partial charge on any atom is 0.407 e. The van der Waals surface area contributed by atoms with Gasteiger partial charge in [0.05, 0.1) is 19.3 Å². The molecule has 0 aliphatic carbocycles. The Balaban J connectivity index is 1.90. The Hall–Kier alpha value is -1.50. The molecule has 2 heterocycles. The van der Waals surface area contributed by atoms with E-state index in [1.807, 2.05) is 0 Å². The van der Waals surface area contributed by atoms with E-state index in [4.69, 9.17) is 5.73 Å². The SMILES string of the molecule is COC(=O)NC1CCN(c2ncc(N)s2)C1. The molecule has 1 aromatic heterocycles. The lowest BCUT2D eigenvalue weighted by molar-refractivity contribution is 0.167. The van der Waals surface area contributed by atoms with Gasteiger partial charge in [-0.15, -0.1) is 0 Å². The summed E-state index contributed by atoms with van der Waals surface area (Å²) in [4.78, 5) is 17.3. The van der Waals surface area contributed by atoms with Crippen LogP contribution in [0, 0.1) is 0 Å². The van der Waals surface area contributed by atoms with Crippen molar-refractivity contribution in [1.29, 1.82) is 0 Å². The third-order valence-electron chi connectivity index (χ3n) is 2.48. The number of carbonyl (C=O) groups is 1. The lowest BCUT2D eigenvalue weighted by Crippen LogP contribution is -2.36. The fourth-order valence-corrected chi connectivity index (χ4v) is 2.42. The molecule has 0 saturated carbocycles. The van der Waals surface area contributed by atoms with Crippen molar-refractivity contribution in [2.75, 3.05) is 30.8 Å². The highest BCUT2D eigenvalue weighted by atomic mass is 32.1. The highest BCUT2D eigenvalue weighted by Crippen LogP contribution is 2.27. The largest absolute Gasteiger partial charge is 0.453 e. The summed E-state index contributed by atoms with van der Waals surface area (Å²) in [5, 5.41) is 4.39. The van der Waals surface area contributed by atoms with Crippen molar-refractivity contribution in [3.63, 3.8) is 0 Å². The molecule has 1 aromatic rings. The number of methoxy groups -OCH3 is 1. The van der Waals surface area contributed by atoms with Crippen LogP contribution >= 0.6 is 11.3 Å². The first-order valence-corrected chi connectivity index (χ1v) is 5.81. The molecule has 0 bridgehead atoms. The number of nitrogens with zero attached hydrogens (tertiary/aromatic N) is 2. The summed E-state index contributed by atoms with van der Waals surface area (Å²) in [6.45, 7) is 1.63. The molecule has 3 N–H and O–H groups in total. The molecule has 1 aliphatic heterocycles. The van der Waals surface area contributed by atoms with Gasteiger partial charge >= 0.3 is 6.09 Å². The van der Waals surface area contributed by atoms with Crippen LogP contribution in [0.25, 0.3) is 0 Å². The summed E-state index contributed by atoms with van der Waals surface area (Å²) in [5.74, 6) is 0. The third-order valence-corrected chi connectivity index (χ3v) is 3.36. The van der Waals surface area contributed by atoms with E-state index >= 15 is 0 Å². The van der Waals surface area contributed by atoms with Crippen molar-refractivity contribution in [1.82, 2.24) is 10.3 Å². The lowest BCUT2D eigenvalue weighted by Gasteiger charge is -2.15. The zero-order valence-electron chi connectivity index (χ0n) is 8.97. The summed E-state index contributed by atoms with van der Waals surface area (Å²) in [6, 6.07) is 0.123. The van der Waals surface area contributed by atoms with E-state index in [0.717, 1.165) is 24.6 Å². The number of nitrogens with two attached hydrogens (primary N) is 1. The molecule has 16 heavy (non-hydrogen) atoms. The van der Waals surface area contributed by atoms with Gasteiger partial charge in [-0.3, -0.25) is 0 Å². The van der Waals surface area contributed by atoms with E-state index in [-0.39, 0.29) is 12.1 Å². The molecule has 1 atom stereocenters. The van der Waals surface area contributed by atoms with Crippen LogP contribution < -0.4 is 16.0 Å². The molecule has 1 aliphatic rings. The average molecular weight is 242 g/mol. The summed E-state index contributed by atoms with van der Waals surface area (Å²) >= 11 is 1.46. The zero-order valence-corrected chi connectivity index (χ0v) is 9.79. The first-order chi connectivity index (χ1) is 7.69. The number of alkyl carbamates (subject to hydrolysis) is 1. The van der Waals surface area contributed by atoms with Crippen LogP contribution in [0.3, 0.4) is 0 Å². The van der Waals surface area contributed by atoms with Gasteiger partial charge in [-0.1, -0.05) is 11.3 Å². The van der Waals surface area contributed by atoms with Crippen molar-refractivity contribution in [3.05, 3.63) is 6.20 Å². The van der Waals surface area contributed by atoms with Gasteiger partial charge in [-0.2, -0.15) is 0 Å². The molecule has 1 saturated heterocycles. The molecule has 0 spiro atoms. The quantitative estimate of drug-likeness (QED) is 0.796. The van der Waals surface area contributed by atoms with Gasteiger partial charge in [0, 0.05) is 13.1 Å². The summed E-state index contributed by atoms with van der Waals surface area (Å²) in [5.41, 5.74) is 5.62. The standard InChI is InChI=1S/C9H14N4O2S/c1-15-9(14)12-6-2-3-13(5-6)8-11-4-7(10)16-8/h4,6H,2-3,5,10H2,1H3,(H,12,14). The number of aromatic nitrogens is 1. The van der Waals surface area contributed by atoms with Gasteiger partial charge in [0.1, 0.15) is 5.00 Å².